The Labute approximate surface area is 84.4 Å². The summed E-state index contributed by atoms with van der Waals surface area (Å²) in [5, 5.41) is 27.0. The van der Waals surface area contributed by atoms with Crippen LogP contribution in [0.25, 0.3) is 0 Å². The van der Waals surface area contributed by atoms with Crippen LogP contribution < -0.4 is 71.9 Å². The van der Waals surface area contributed by atoms with Gasteiger partial charge in [-0.05, 0) is 0 Å². The van der Waals surface area contributed by atoms with Crippen LogP contribution >= 0.6 is 0 Å². The first-order valence-corrected chi connectivity index (χ1v) is 1.11. The van der Waals surface area contributed by atoms with Gasteiger partial charge in [-0.25, -0.2) is 0 Å². The Bertz CT molecular complexity index is 28.0. The molecule has 8 heavy (non-hydrogen) atoms. The molecule has 0 atom stereocenters. The third-order valence-corrected chi connectivity index (χ3v) is 0. The van der Waals surface area contributed by atoms with Gasteiger partial charge >= 0.3 is 56.6 Å². The molecule has 0 radical (unpaired) electrons. The first-order chi connectivity index (χ1) is 2.00. The van der Waals surface area contributed by atoms with E-state index in [9.17, 15) is 0 Å². The summed E-state index contributed by atoms with van der Waals surface area (Å²) < 4.78 is 0. The molecular weight excluding hydrogens is 92.8 g/mol. The van der Waals surface area contributed by atoms with Gasteiger partial charge in [-0.3, -0.25) is 0 Å². The maximum Gasteiger partial charge on any atom is 1.00 e. The molecule has 0 amide bonds. The van der Waals surface area contributed by atoms with Crippen molar-refractivity contribution in [2.24, 2.45) is 0 Å². The van der Waals surface area contributed by atoms with Crippen molar-refractivity contribution in [1.29, 1.82) is 0 Å². The molecular formula is C2H3Li3O3. The average Bonchev–Trinajstić information content (AvgIpc) is 0.722. The fourth-order valence-corrected chi connectivity index (χ4v) is 0. The molecule has 0 heterocycles. The normalized spacial score (nSPS) is 7.50. The van der Waals surface area contributed by atoms with Crippen LogP contribution in [0.1, 0.15) is 6.92 Å². The number of hydrogen-bond donors (Lipinski definition) is 0. The van der Waals surface area contributed by atoms with Gasteiger partial charge in [0.2, 0.25) is 0 Å². The maximum atomic E-state index is 8.99. The van der Waals surface area contributed by atoms with Gasteiger partial charge in [0.25, 0.3) is 0 Å². The van der Waals surface area contributed by atoms with E-state index in [0.29, 0.717) is 6.92 Å². The van der Waals surface area contributed by atoms with Crippen molar-refractivity contribution in [3.8, 4) is 0 Å². The summed E-state index contributed by atoms with van der Waals surface area (Å²) >= 11 is 0. The van der Waals surface area contributed by atoms with Crippen LogP contribution in [0.2, 0.25) is 0 Å². The molecule has 0 unspecified atom stereocenters. The van der Waals surface area contributed by atoms with E-state index >= 15 is 0 Å². The van der Waals surface area contributed by atoms with Crippen molar-refractivity contribution in [3.63, 3.8) is 0 Å². The molecule has 0 bridgehead atoms. The van der Waals surface area contributed by atoms with Crippen LogP contribution in [-0.2, 0) is 0 Å². The van der Waals surface area contributed by atoms with E-state index in [1.165, 1.54) is 0 Å². The fraction of sp³-hybridized carbons (Fsp3) is 1.00. The predicted octanol–water partition coefficient (Wildman–Crippen LogP) is -12.2. The maximum absolute atomic E-state index is 8.99. The number of rotatable bonds is 0. The van der Waals surface area contributed by atoms with Gasteiger partial charge in [0, 0.05) is 0 Å². The summed E-state index contributed by atoms with van der Waals surface area (Å²) in [6, 6.07) is 0. The Kier molecular flexibility index (Phi) is 24.5. The van der Waals surface area contributed by atoms with Crippen LogP contribution in [0, 0.1) is 0 Å². The summed E-state index contributed by atoms with van der Waals surface area (Å²) in [6.07, 6.45) is 0. The molecule has 0 aliphatic heterocycles. The molecule has 0 spiro atoms. The van der Waals surface area contributed by atoms with Crippen molar-refractivity contribution in [1.82, 2.24) is 0 Å². The largest absolute Gasteiger partial charge is 1.00 e. The Morgan fingerprint density at radius 1 is 0.875 bits per heavy atom. The first kappa shape index (κ1) is 22.6. The molecule has 0 saturated carbocycles. The van der Waals surface area contributed by atoms with Crippen molar-refractivity contribution < 1.29 is 71.9 Å². The van der Waals surface area contributed by atoms with Gasteiger partial charge < -0.3 is 21.3 Å². The second-order valence-corrected chi connectivity index (χ2v) is 0.862. The van der Waals surface area contributed by atoms with E-state index in [1.54, 1.807) is 0 Å². The zero-order valence-corrected chi connectivity index (χ0v) is 5.72. The molecule has 3 nitrogen and oxygen atoms in total. The predicted molar refractivity (Wildman–Crippen MR) is 8.41 cm³/mol. The molecule has 0 N–H and O–H groups in total. The average molecular weight is 95.9 g/mol. The topological polar surface area (TPSA) is 69.2 Å². The molecule has 0 aliphatic rings. The second-order valence-electron chi connectivity index (χ2n) is 0.862. The summed E-state index contributed by atoms with van der Waals surface area (Å²) in [6.45, 7) is 0.521. The number of hydrogen-bond acceptors (Lipinski definition) is 3. The van der Waals surface area contributed by atoms with Gasteiger partial charge in [-0.15, -0.1) is 6.92 Å². The Morgan fingerprint density at radius 2 is 0.875 bits per heavy atom. The van der Waals surface area contributed by atoms with Gasteiger partial charge in [0.15, 0.2) is 0 Å². The molecule has 0 fully saturated rings. The summed E-state index contributed by atoms with van der Waals surface area (Å²) in [4.78, 5) is 0. The van der Waals surface area contributed by atoms with Gasteiger partial charge in [0.1, 0.15) is 0 Å². The Balaban J connectivity index is -0.0000000267. The summed E-state index contributed by atoms with van der Waals surface area (Å²) in [5.41, 5.74) is 0. The van der Waals surface area contributed by atoms with E-state index in [1.807, 2.05) is 0 Å². The van der Waals surface area contributed by atoms with E-state index < -0.39 is 5.97 Å². The van der Waals surface area contributed by atoms with Crippen LogP contribution in [0.4, 0.5) is 0 Å². The van der Waals surface area contributed by atoms with Gasteiger partial charge in [0.05, 0.1) is 0 Å². The smallest absolute Gasteiger partial charge is 0.877 e. The second kappa shape index (κ2) is 8.67. The molecule has 0 aromatic rings. The summed E-state index contributed by atoms with van der Waals surface area (Å²) in [5.74, 6) is -3.25. The van der Waals surface area contributed by atoms with Crippen LogP contribution in [-0.4, -0.2) is 5.97 Å². The fourth-order valence-electron chi connectivity index (χ4n) is 0. The van der Waals surface area contributed by atoms with Crippen molar-refractivity contribution in [3.05, 3.63) is 0 Å². The zero-order valence-electron chi connectivity index (χ0n) is 5.72. The minimum absolute atomic E-state index is 0. The standard InChI is InChI=1S/C2H3O3.3Li/c1-2(3,4)5;;;/h1H3;;;/q-3;3*+1. The van der Waals surface area contributed by atoms with Crippen molar-refractivity contribution in [2.45, 2.75) is 12.9 Å². The van der Waals surface area contributed by atoms with Crippen LogP contribution in [0.5, 0.6) is 0 Å². The van der Waals surface area contributed by atoms with Crippen LogP contribution in [0.15, 0.2) is 0 Å². The van der Waals surface area contributed by atoms with E-state index in [0.717, 1.165) is 0 Å². The van der Waals surface area contributed by atoms with E-state index in [4.69, 9.17) is 15.3 Å². The van der Waals surface area contributed by atoms with E-state index in [2.05, 4.69) is 0 Å². The monoisotopic (exact) mass is 96.1 g/mol. The molecule has 0 aromatic heterocycles. The quantitative estimate of drug-likeness (QED) is 0.222. The molecule has 0 rings (SSSR count). The molecule has 32 valence electrons. The van der Waals surface area contributed by atoms with E-state index in [-0.39, 0.29) is 56.6 Å². The molecule has 0 aromatic carbocycles. The SMILES string of the molecule is CC([O-])([O-])[O-].[Li+].[Li+].[Li+]. The molecule has 6 heteroatoms. The van der Waals surface area contributed by atoms with Crippen molar-refractivity contribution >= 4 is 0 Å². The minimum Gasteiger partial charge on any atom is -0.877 e. The molecule has 0 saturated heterocycles. The first-order valence-electron chi connectivity index (χ1n) is 1.11. The van der Waals surface area contributed by atoms with Crippen molar-refractivity contribution in [2.75, 3.05) is 0 Å². The Hall–Kier alpha value is 1.67. The molecule has 0 aliphatic carbocycles. The third kappa shape index (κ3) is 122. The van der Waals surface area contributed by atoms with Gasteiger partial charge in [-0.1, -0.05) is 0 Å². The van der Waals surface area contributed by atoms with Gasteiger partial charge in [-0.2, -0.15) is 0 Å². The minimum atomic E-state index is -3.25. The van der Waals surface area contributed by atoms with Crippen LogP contribution in [0.3, 0.4) is 0 Å². The summed E-state index contributed by atoms with van der Waals surface area (Å²) in [7, 11) is 0. The third-order valence-electron chi connectivity index (χ3n) is 0. The Morgan fingerprint density at radius 3 is 0.875 bits per heavy atom. The zero-order chi connectivity index (χ0) is 4.50.